The fourth-order valence-corrected chi connectivity index (χ4v) is 3.32. The third-order valence-corrected chi connectivity index (χ3v) is 4.71. The van der Waals surface area contributed by atoms with Crippen molar-refractivity contribution in [2.75, 3.05) is 13.6 Å². The number of aromatic hydroxyl groups is 1. The van der Waals surface area contributed by atoms with Crippen LogP contribution in [0.5, 0.6) is 11.5 Å². The predicted octanol–water partition coefficient (Wildman–Crippen LogP) is 4.39. The van der Waals surface area contributed by atoms with E-state index >= 15 is 0 Å². The largest absolute Gasteiger partial charge is 0.504 e. The smallest absolute Gasteiger partial charge is 0.161 e. The SMILES string of the molecule is CN1CCCCC1CC(Oc1ccccc1O)c1ccccc1. The van der Waals surface area contributed by atoms with Gasteiger partial charge in [-0.3, -0.25) is 0 Å². The molecule has 1 fully saturated rings. The summed E-state index contributed by atoms with van der Waals surface area (Å²) in [5.74, 6) is 0.755. The summed E-state index contributed by atoms with van der Waals surface area (Å²) in [6.45, 7) is 1.16. The second-order valence-electron chi connectivity index (χ2n) is 6.35. The van der Waals surface area contributed by atoms with Crippen molar-refractivity contribution in [2.24, 2.45) is 0 Å². The van der Waals surface area contributed by atoms with Gasteiger partial charge in [0.1, 0.15) is 6.10 Å². The number of piperidine rings is 1. The van der Waals surface area contributed by atoms with Crippen LogP contribution >= 0.6 is 0 Å². The summed E-state index contributed by atoms with van der Waals surface area (Å²) < 4.78 is 6.21. The van der Waals surface area contributed by atoms with E-state index in [2.05, 4.69) is 24.1 Å². The molecule has 2 unspecified atom stereocenters. The molecule has 3 heteroatoms. The van der Waals surface area contributed by atoms with E-state index in [0.29, 0.717) is 11.8 Å². The van der Waals surface area contributed by atoms with E-state index in [0.717, 1.165) is 18.5 Å². The lowest BCUT2D eigenvalue weighted by Crippen LogP contribution is -2.37. The zero-order valence-corrected chi connectivity index (χ0v) is 13.7. The molecule has 2 atom stereocenters. The lowest BCUT2D eigenvalue weighted by molar-refractivity contribution is 0.107. The van der Waals surface area contributed by atoms with Gasteiger partial charge >= 0.3 is 0 Å². The normalized spacial score (nSPS) is 20.1. The first-order valence-electron chi connectivity index (χ1n) is 8.44. The highest BCUT2D eigenvalue weighted by molar-refractivity contribution is 5.38. The van der Waals surface area contributed by atoms with Crippen LogP contribution in [-0.2, 0) is 0 Å². The van der Waals surface area contributed by atoms with Crippen LogP contribution in [-0.4, -0.2) is 29.6 Å². The van der Waals surface area contributed by atoms with Gasteiger partial charge < -0.3 is 14.7 Å². The Morgan fingerprint density at radius 1 is 1.09 bits per heavy atom. The zero-order chi connectivity index (χ0) is 16.1. The van der Waals surface area contributed by atoms with Gasteiger partial charge in [-0.05, 0) is 44.1 Å². The Morgan fingerprint density at radius 2 is 1.83 bits per heavy atom. The van der Waals surface area contributed by atoms with E-state index in [1.54, 1.807) is 6.07 Å². The summed E-state index contributed by atoms with van der Waals surface area (Å²) in [5, 5.41) is 10.0. The molecule has 1 N–H and O–H groups in total. The van der Waals surface area contributed by atoms with E-state index in [4.69, 9.17) is 4.74 Å². The van der Waals surface area contributed by atoms with Crippen LogP contribution in [0.1, 0.15) is 37.4 Å². The average molecular weight is 311 g/mol. The monoisotopic (exact) mass is 311 g/mol. The van der Waals surface area contributed by atoms with Gasteiger partial charge in [0.25, 0.3) is 0 Å². The van der Waals surface area contributed by atoms with Crippen LogP contribution < -0.4 is 4.74 Å². The van der Waals surface area contributed by atoms with Crippen LogP contribution in [0, 0.1) is 0 Å². The molecule has 23 heavy (non-hydrogen) atoms. The molecule has 0 amide bonds. The highest BCUT2D eigenvalue weighted by atomic mass is 16.5. The number of hydrogen-bond acceptors (Lipinski definition) is 3. The quantitative estimate of drug-likeness (QED) is 0.889. The first-order valence-corrected chi connectivity index (χ1v) is 8.44. The van der Waals surface area contributed by atoms with Crippen molar-refractivity contribution in [3.8, 4) is 11.5 Å². The lowest BCUT2D eigenvalue weighted by Gasteiger charge is -2.35. The average Bonchev–Trinajstić information content (AvgIpc) is 2.59. The Bertz CT molecular complexity index is 614. The molecule has 0 saturated carbocycles. The summed E-state index contributed by atoms with van der Waals surface area (Å²) in [7, 11) is 2.20. The Kier molecular flexibility index (Phi) is 5.19. The van der Waals surface area contributed by atoms with Gasteiger partial charge in [0.15, 0.2) is 11.5 Å². The van der Waals surface area contributed by atoms with Gasteiger partial charge in [0.2, 0.25) is 0 Å². The van der Waals surface area contributed by atoms with Crippen LogP contribution in [0.25, 0.3) is 0 Å². The number of likely N-dealkylation sites (tertiary alicyclic amines) is 1. The molecular weight excluding hydrogens is 286 g/mol. The number of ether oxygens (including phenoxy) is 1. The minimum Gasteiger partial charge on any atom is -0.504 e. The maximum Gasteiger partial charge on any atom is 0.161 e. The van der Waals surface area contributed by atoms with Crippen LogP contribution in [0.4, 0.5) is 0 Å². The Morgan fingerprint density at radius 3 is 2.57 bits per heavy atom. The molecule has 122 valence electrons. The van der Waals surface area contributed by atoms with Crippen molar-refractivity contribution < 1.29 is 9.84 Å². The summed E-state index contributed by atoms with van der Waals surface area (Å²) in [6, 6.07) is 18.1. The molecule has 1 saturated heterocycles. The van der Waals surface area contributed by atoms with Crippen molar-refractivity contribution in [3.63, 3.8) is 0 Å². The Balaban J connectivity index is 1.80. The summed E-state index contributed by atoms with van der Waals surface area (Å²) in [6.07, 6.45) is 4.67. The molecule has 0 radical (unpaired) electrons. The van der Waals surface area contributed by atoms with Gasteiger partial charge in [-0.25, -0.2) is 0 Å². The van der Waals surface area contributed by atoms with E-state index < -0.39 is 0 Å². The maximum atomic E-state index is 10.0. The molecule has 1 heterocycles. The van der Waals surface area contributed by atoms with Crippen LogP contribution in [0.15, 0.2) is 54.6 Å². The van der Waals surface area contributed by atoms with E-state index in [-0.39, 0.29) is 11.9 Å². The summed E-state index contributed by atoms with van der Waals surface area (Å²) in [5.41, 5.74) is 1.16. The van der Waals surface area contributed by atoms with Crippen molar-refractivity contribution in [1.82, 2.24) is 4.90 Å². The number of para-hydroxylation sites is 2. The Labute approximate surface area is 138 Å². The van der Waals surface area contributed by atoms with Crippen molar-refractivity contribution >= 4 is 0 Å². The zero-order valence-electron chi connectivity index (χ0n) is 13.7. The van der Waals surface area contributed by atoms with E-state index in [9.17, 15) is 5.11 Å². The summed E-state index contributed by atoms with van der Waals surface area (Å²) >= 11 is 0. The second kappa shape index (κ2) is 7.51. The minimum atomic E-state index is -0.0463. The van der Waals surface area contributed by atoms with E-state index in [1.807, 2.05) is 36.4 Å². The molecule has 0 bridgehead atoms. The third-order valence-electron chi connectivity index (χ3n) is 4.71. The highest BCUT2D eigenvalue weighted by Crippen LogP contribution is 2.34. The van der Waals surface area contributed by atoms with Crippen molar-refractivity contribution in [3.05, 3.63) is 60.2 Å². The van der Waals surface area contributed by atoms with Crippen molar-refractivity contribution in [2.45, 2.75) is 37.8 Å². The fraction of sp³-hybridized carbons (Fsp3) is 0.400. The highest BCUT2D eigenvalue weighted by Gasteiger charge is 2.25. The molecule has 1 aliphatic rings. The van der Waals surface area contributed by atoms with Crippen LogP contribution in [0.2, 0.25) is 0 Å². The number of hydrogen-bond donors (Lipinski definition) is 1. The van der Waals surface area contributed by atoms with Gasteiger partial charge in [-0.1, -0.05) is 48.9 Å². The number of phenols is 1. The van der Waals surface area contributed by atoms with Crippen molar-refractivity contribution in [1.29, 1.82) is 0 Å². The first kappa shape index (κ1) is 15.9. The molecule has 2 aromatic rings. The minimum absolute atomic E-state index is 0.0463. The van der Waals surface area contributed by atoms with Gasteiger partial charge in [-0.2, -0.15) is 0 Å². The third kappa shape index (κ3) is 4.05. The molecule has 0 aliphatic carbocycles. The van der Waals surface area contributed by atoms with Gasteiger partial charge in [-0.15, -0.1) is 0 Å². The number of rotatable bonds is 5. The van der Waals surface area contributed by atoms with Gasteiger partial charge in [0.05, 0.1) is 0 Å². The molecule has 0 spiro atoms. The number of nitrogens with zero attached hydrogens (tertiary/aromatic N) is 1. The summed E-state index contributed by atoms with van der Waals surface area (Å²) in [4.78, 5) is 2.44. The molecule has 3 rings (SSSR count). The number of phenolic OH excluding ortho intramolecular Hbond substituents is 1. The van der Waals surface area contributed by atoms with E-state index in [1.165, 1.54) is 19.3 Å². The lowest BCUT2D eigenvalue weighted by atomic mass is 9.94. The molecule has 3 nitrogen and oxygen atoms in total. The fourth-order valence-electron chi connectivity index (χ4n) is 3.32. The predicted molar refractivity (Wildman–Crippen MR) is 92.8 cm³/mol. The topological polar surface area (TPSA) is 32.7 Å². The molecular formula is C20H25NO2. The van der Waals surface area contributed by atoms with Crippen LogP contribution in [0.3, 0.4) is 0 Å². The number of benzene rings is 2. The Hall–Kier alpha value is -2.00. The molecule has 0 aromatic heterocycles. The maximum absolute atomic E-state index is 10.0. The van der Waals surface area contributed by atoms with Gasteiger partial charge in [0, 0.05) is 12.5 Å². The standard InChI is InChI=1S/C20H25NO2/c1-21-14-8-7-11-17(21)15-20(16-9-3-2-4-10-16)23-19-13-6-5-12-18(19)22/h2-6,9-10,12-13,17,20,22H,7-8,11,14-15H2,1H3. The second-order valence-corrected chi connectivity index (χ2v) is 6.35. The molecule has 2 aromatic carbocycles. The molecule has 1 aliphatic heterocycles. The first-order chi connectivity index (χ1) is 11.2.